The van der Waals surface area contributed by atoms with Crippen LogP contribution in [0.15, 0.2) is 53.2 Å². The van der Waals surface area contributed by atoms with E-state index in [-0.39, 0.29) is 11.8 Å². The molecule has 0 spiro atoms. The second-order valence-electron chi connectivity index (χ2n) is 6.45. The van der Waals surface area contributed by atoms with E-state index in [4.69, 9.17) is 9.15 Å². The molecule has 1 aliphatic rings. The molecule has 2 amide bonds. The van der Waals surface area contributed by atoms with Gasteiger partial charge in [-0.2, -0.15) is 0 Å². The van der Waals surface area contributed by atoms with Gasteiger partial charge >= 0.3 is 0 Å². The fraction of sp³-hybridized carbons (Fsp3) is 0.333. The van der Waals surface area contributed by atoms with Crippen LogP contribution in [0.1, 0.15) is 22.5 Å². The Morgan fingerprint density at radius 2 is 1.93 bits per heavy atom. The van der Waals surface area contributed by atoms with Crippen LogP contribution < -0.4 is 10.6 Å². The summed E-state index contributed by atoms with van der Waals surface area (Å²) in [6.07, 6.45) is 5.35. The zero-order chi connectivity index (χ0) is 19.6. The van der Waals surface area contributed by atoms with Gasteiger partial charge in [-0.25, -0.2) is 0 Å². The third-order valence-corrected chi connectivity index (χ3v) is 4.41. The van der Waals surface area contributed by atoms with Gasteiger partial charge in [0.2, 0.25) is 5.91 Å². The van der Waals surface area contributed by atoms with Crippen molar-refractivity contribution in [2.75, 3.05) is 44.7 Å². The van der Waals surface area contributed by atoms with E-state index in [0.29, 0.717) is 23.6 Å². The molecule has 1 aromatic heterocycles. The maximum absolute atomic E-state index is 12.5. The first kappa shape index (κ1) is 19.9. The van der Waals surface area contributed by atoms with E-state index in [9.17, 15) is 9.59 Å². The molecule has 0 radical (unpaired) electrons. The normalized spacial score (nSPS) is 14.9. The van der Waals surface area contributed by atoms with Gasteiger partial charge in [0.25, 0.3) is 5.91 Å². The van der Waals surface area contributed by atoms with E-state index < -0.39 is 0 Å². The van der Waals surface area contributed by atoms with Crippen LogP contribution in [0.4, 0.5) is 5.69 Å². The van der Waals surface area contributed by atoms with E-state index >= 15 is 0 Å². The molecule has 2 N–H and O–H groups in total. The van der Waals surface area contributed by atoms with Gasteiger partial charge in [0, 0.05) is 25.7 Å². The van der Waals surface area contributed by atoms with Crippen LogP contribution in [0.25, 0.3) is 6.08 Å². The predicted molar refractivity (Wildman–Crippen MR) is 107 cm³/mol. The summed E-state index contributed by atoms with van der Waals surface area (Å²) in [7, 11) is 0. The molecule has 2 heterocycles. The minimum absolute atomic E-state index is 0.201. The van der Waals surface area contributed by atoms with Crippen LogP contribution in [-0.4, -0.2) is 56.1 Å². The van der Waals surface area contributed by atoms with Crippen molar-refractivity contribution in [3.63, 3.8) is 0 Å². The molecule has 0 saturated carbocycles. The first-order chi connectivity index (χ1) is 13.7. The van der Waals surface area contributed by atoms with E-state index in [0.717, 1.165) is 39.3 Å². The monoisotopic (exact) mass is 383 g/mol. The molecule has 148 valence electrons. The summed E-state index contributed by atoms with van der Waals surface area (Å²) in [6.45, 7) is 4.93. The smallest absolute Gasteiger partial charge is 0.253 e. The van der Waals surface area contributed by atoms with Crippen LogP contribution in [0.3, 0.4) is 0 Å². The number of hydrogen-bond acceptors (Lipinski definition) is 5. The SMILES string of the molecule is O=C(/C=C/c1ccco1)Nc1ccccc1C(=O)NCCCN1CCOCC1. The first-order valence-electron chi connectivity index (χ1n) is 9.42. The molecule has 1 fully saturated rings. The molecule has 0 atom stereocenters. The number of hydrogen-bond donors (Lipinski definition) is 2. The van der Waals surface area contributed by atoms with Crippen LogP contribution in [-0.2, 0) is 9.53 Å². The van der Waals surface area contributed by atoms with Crippen molar-refractivity contribution in [1.82, 2.24) is 10.2 Å². The number of carbonyl (C=O) groups excluding carboxylic acids is 2. The highest BCUT2D eigenvalue weighted by atomic mass is 16.5. The molecule has 0 bridgehead atoms. The Morgan fingerprint density at radius 1 is 1.11 bits per heavy atom. The van der Waals surface area contributed by atoms with Gasteiger partial charge in [0.15, 0.2) is 0 Å². The third-order valence-electron chi connectivity index (χ3n) is 4.41. The van der Waals surface area contributed by atoms with Crippen LogP contribution in [0.5, 0.6) is 0 Å². The van der Waals surface area contributed by atoms with Crippen LogP contribution in [0.2, 0.25) is 0 Å². The molecule has 3 rings (SSSR count). The Balaban J connectivity index is 1.49. The quantitative estimate of drug-likeness (QED) is 0.540. The molecule has 1 aromatic carbocycles. The number of benzene rings is 1. The topological polar surface area (TPSA) is 83.8 Å². The molecule has 1 aliphatic heterocycles. The number of amides is 2. The Hall–Kier alpha value is -2.90. The van der Waals surface area contributed by atoms with Crippen molar-refractivity contribution >= 4 is 23.6 Å². The Kier molecular flexibility index (Phi) is 7.40. The zero-order valence-electron chi connectivity index (χ0n) is 15.7. The number of ether oxygens (including phenoxy) is 1. The molecule has 0 unspecified atom stereocenters. The molecule has 7 nitrogen and oxygen atoms in total. The summed E-state index contributed by atoms with van der Waals surface area (Å²) >= 11 is 0. The molecule has 28 heavy (non-hydrogen) atoms. The van der Waals surface area contributed by atoms with Crippen molar-refractivity contribution in [3.05, 3.63) is 60.1 Å². The Bertz CT molecular complexity index is 796. The highest BCUT2D eigenvalue weighted by molar-refractivity contribution is 6.07. The number of para-hydroxylation sites is 1. The lowest BCUT2D eigenvalue weighted by Gasteiger charge is -2.26. The molecule has 7 heteroatoms. The van der Waals surface area contributed by atoms with E-state index in [1.807, 2.05) is 0 Å². The summed E-state index contributed by atoms with van der Waals surface area (Å²) < 4.78 is 10.5. The third kappa shape index (κ3) is 6.07. The summed E-state index contributed by atoms with van der Waals surface area (Å²) in [5, 5.41) is 5.67. The number of morpholine rings is 1. The second kappa shape index (κ2) is 10.4. The highest BCUT2D eigenvalue weighted by Crippen LogP contribution is 2.15. The molecular formula is C21H25N3O4. The fourth-order valence-electron chi connectivity index (χ4n) is 2.93. The maximum atomic E-state index is 12.5. The lowest BCUT2D eigenvalue weighted by Crippen LogP contribution is -2.38. The van der Waals surface area contributed by atoms with E-state index in [1.54, 1.807) is 42.5 Å². The van der Waals surface area contributed by atoms with Crippen molar-refractivity contribution in [3.8, 4) is 0 Å². The lowest BCUT2D eigenvalue weighted by atomic mass is 10.1. The Labute approximate surface area is 164 Å². The molecule has 0 aliphatic carbocycles. The number of rotatable bonds is 8. The van der Waals surface area contributed by atoms with Crippen LogP contribution >= 0.6 is 0 Å². The fourth-order valence-corrected chi connectivity index (χ4v) is 2.93. The van der Waals surface area contributed by atoms with Crippen molar-refractivity contribution < 1.29 is 18.7 Å². The van der Waals surface area contributed by atoms with Gasteiger partial charge in [-0.05, 0) is 43.3 Å². The summed E-state index contributed by atoms with van der Waals surface area (Å²) in [6, 6.07) is 10.5. The average molecular weight is 383 g/mol. The van der Waals surface area contributed by atoms with Crippen LogP contribution in [0, 0.1) is 0 Å². The van der Waals surface area contributed by atoms with Gasteiger partial charge in [-0.1, -0.05) is 12.1 Å². The number of furan rings is 1. The van der Waals surface area contributed by atoms with Gasteiger partial charge in [-0.15, -0.1) is 0 Å². The summed E-state index contributed by atoms with van der Waals surface area (Å²) in [5.41, 5.74) is 0.913. The summed E-state index contributed by atoms with van der Waals surface area (Å²) in [4.78, 5) is 27.0. The standard InChI is InChI=1S/C21H25N3O4/c25-20(9-8-17-5-3-14-28-17)23-19-7-2-1-6-18(19)21(26)22-10-4-11-24-12-15-27-16-13-24/h1-3,5-9,14H,4,10-13,15-16H2,(H,22,26)(H,23,25)/b9-8+. The Morgan fingerprint density at radius 3 is 2.71 bits per heavy atom. The van der Waals surface area contributed by atoms with Gasteiger partial charge in [0.05, 0.1) is 30.7 Å². The van der Waals surface area contributed by atoms with Crippen molar-refractivity contribution in [2.45, 2.75) is 6.42 Å². The zero-order valence-corrected chi connectivity index (χ0v) is 15.7. The average Bonchev–Trinajstić information content (AvgIpc) is 3.24. The lowest BCUT2D eigenvalue weighted by molar-refractivity contribution is -0.111. The molecule has 2 aromatic rings. The largest absolute Gasteiger partial charge is 0.465 e. The second-order valence-corrected chi connectivity index (χ2v) is 6.45. The molecular weight excluding hydrogens is 358 g/mol. The first-order valence-corrected chi connectivity index (χ1v) is 9.42. The van der Waals surface area contributed by atoms with E-state index in [1.165, 1.54) is 12.3 Å². The van der Waals surface area contributed by atoms with Crippen molar-refractivity contribution in [2.24, 2.45) is 0 Å². The number of nitrogens with zero attached hydrogens (tertiary/aromatic N) is 1. The van der Waals surface area contributed by atoms with Gasteiger partial charge in [-0.3, -0.25) is 14.5 Å². The minimum atomic E-state index is -0.330. The van der Waals surface area contributed by atoms with Crippen molar-refractivity contribution in [1.29, 1.82) is 0 Å². The van der Waals surface area contributed by atoms with Gasteiger partial charge in [0.1, 0.15) is 5.76 Å². The maximum Gasteiger partial charge on any atom is 0.253 e. The molecule has 1 saturated heterocycles. The summed E-state index contributed by atoms with van der Waals surface area (Å²) in [5.74, 6) is 0.0540. The highest BCUT2D eigenvalue weighted by Gasteiger charge is 2.13. The van der Waals surface area contributed by atoms with Gasteiger partial charge < -0.3 is 19.8 Å². The number of anilines is 1. The van der Waals surface area contributed by atoms with E-state index in [2.05, 4.69) is 15.5 Å². The number of nitrogens with one attached hydrogen (secondary N) is 2. The minimum Gasteiger partial charge on any atom is -0.465 e. The predicted octanol–water partition coefficient (Wildman–Crippen LogP) is 2.38. The number of carbonyl (C=O) groups is 2.